The van der Waals surface area contributed by atoms with E-state index in [1.807, 2.05) is 0 Å². The molecule has 0 heterocycles. The minimum absolute atomic E-state index is 0.866. The van der Waals surface area contributed by atoms with E-state index in [0.717, 1.165) is 53.3 Å². The Labute approximate surface area is 213 Å². The summed E-state index contributed by atoms with van der Waals surface area (Å²) in [6.07, 6.45) is 33.5. The molecule has 0 saturated heterocycles. The topological polar surface area (TPSA) is 0 Å². The fourth-order valence-corrected chi connectivity index (χ4v) is 10.1. The lowest BCUT2D eigenvalue weighted by Gasteiger charge is -2.46. The van der Waals surface area contributed by atoms with Crippen molar-refractivity contribution in [3.63, 3.8) is 0 Å². The van der Waals surface area contributed by atoms with Crippen LogP contribution in [-0.2, 0) is 0 Å². The summed E-state index contributed by atoms with van der Waals surface area (Å²) >= 11 is 0. The molecule has 0 amide bonds. The Morgan fingerprint density at radius 2 is 0.971 bits per heavy atom. The fraction of sp³-hybridized carbons (Fsp3) is 0.941. The summed E-state index contributed by atoms with van der Waals surface area (Å²) in [7, 11) is 0. The molecule has 0 aromatic heterocycles. The molecule has 5 aliphatic rings. The molecule has 0 N–H and O–H groups in total. The second kappa shape index (κ2) is 12.3. The first-order valence-electron chi connectivity index (χ1n) is 16.4. The highest BCUT2D eigenvalue weighted by Gasteiger charge is 2.40. The molecular formula is C34H58. The molecule has 0 bridgehead atoms. The summed E-state index contributed by atoms with van der Waals surface area (Å²) in [5.74, 6) is 9.04. The predicted molar refractivity (Wildman–Crippen MR) is 148 cm³/mol. The number of rotatable bonds is 6. The molecule has 0 aromatic carbocycles. The van der Waals surface area contributed by atoms with E-state index in [1.54, 1.807) is 50.5 Å². The van der Waals surface area contributed by atoms with Gasteiger partial charge in [0, 0.05) is 0 Å². The zero-order valence-electron chi connectivity index (χ0n) is 23.0. The molecule has 34 heavy (non-hydrogen) atoms. The Morgan fingerprint density at radius 3 is 1.53 bits per heavy atom. The second-order valence-corrected chi connectivity index (χ2v) is 14.1. The molecule has 0 radical (unpaired) electrons. The van der Waals surface area contributed by atoms with Crippen molar-refractivity contribution < 1.29 is 0 Å². The van der Waals surface area contributed by atoms with Gasteiger partial charge in [0.15, 0.2) is 0 Å². The molecule has 0 spiro atoms. The lowest BCUT2D eigenvalue weighted by atomic mass is 9.59. The van der Waals surface area contributed by atoms with E-state index in [4.69, 9.17) is 6.58 Å². The number of allylic oxidation sites excluding steroid dienone is 1. The molecule has 194 valence electrons. The Kier molecular flexibility index (Phi) is 9.20. The summed E-state index contributed by atoms with van der Waals surface area (Å²) in [4.78, 5) is 0. The first-order chi connectivity index (χ1) is 16.7. The molecule has 5 aliphatic carbocycles. The summed E-state index contributed by atoms with van der Waals surface area (Å²) in [5.41, 5.74) is 1.76. The van der Waals surface area contributed by atoms with E-state index in [-0.39, 0.29) is 0 Å². The van der Waals surface area contributed by atoms with Gasteiger partial charge in [0.2, 0.25) is 0 Å². The maximum atomic E-state index is 4.97. The van der Waals surface area contributed by atoms with Crippen molar-refractivity contribution in [2.45, 2.75) is 148 Å². The lowest BCUT2D eigenvalue weighted by Crippen LogP contribution is -2.35. The SMILES string of the molecule is C=C(C1CCCC(C2CCC(CC)CC2)C1)C1CC(C2CCCCC2)CC(C2CCCCC2)C1. The third kappa shape index (κ3) is 6.17. The average molecular weight is 467 g/mol. The normalized spacial score (nSPS) is 41.3. The van der Waals surface area contributed by atoms with Gasteiger partial charge in [-0.3, -0.25) is 0 Å². The van der Waals surface area contributed by atoms with E-state index in [1.165, 1.54) is 96.3 Å². The van der Waals surface area contributed by atoms with Crippen molar-refractivity contribution in [1.29, 1.82) is 0 Å². The molecule has 4 unspecified atom stereocenters. The Hall–Kier alpha value is -0.260. The average Bonchev–Trinajstić information content (AvgIpc) is 2.93. The lowest BCUT2D eigenvalue weighted by molar-refractivity contribution is 0.0794. The van der Waals surface area contributed by atoms with Gasteiger partial charge in [-0.2, -0.15) is 0 Å². The van der Waals surface area contributed by atoms with Gasteiger partial charge >= 0.3 is 0 Å². The molecule has 5 fully saturated rings. The molecule has 0 heteroatoms. The van der Waals surface area contributed by atoms with Crippen molar-refractivity contribution >= 4 is 0 Å². The van der Waals surface area contributed by atoms with Crippen LogP contribution < -0.4 is 0 Å². The minimum Gasteiger partial charge on any atom is -0.0993 e. The smallest absolute Gasteiger partial charge is 0.0198 e. The standard InChI is InChI=1S/C34H58/c1-3-26-17-19-29(20-18-26)31-16-10-15-30(21-31)25(2)32-22-33(27-11-6-4-7-12-27)24-34(23-32)28-13-8-5-9-14-28/h26-34H,2-24H2,1H3. The Bertz CT molecular complexity index is 586. The van der Waals surface area contributed by atoms with Gasteiger partial charge in [0.25, 0.3) is 0 Å². The highest BCUT2D eigenvalue weighted by atomic mass is 14.5. The van der Waals surface area contributed by atoms with Crippen LogP contribution in [0.25, 0.3) is 0 Å². The third-order valence-electron chi connectivity index (χ3n) is 12.3. The van der Waals surface area contributed by atoms with Crippen LogP contribution in [0.4, 0.5) is 0 Å². The highest BCUT2D eigenvalue weighted by molar-refractivity contribution is 5.10. The molecule has 4 atom stereocenters. The largest absolute Gasteiger partial charge is 0.0993 e. The van der Waals surface area contributed by atoms with Gasteiger partial charge in [-0.05, 0) is 98.2 Å². The van der Waals surface area contributed by atoms with Gasteiger partial charge in [-0.25, -0.2) is 0 Å². The van der Waals surface area contributed by atoms with Crippen LogP contribution in [0.2, 0.25) is 0 Å². The Balaban J connectivity index is 1.23. The van der Waals surface area contributed by atoms with Gasteiger partial charge in [-0.1, -0.05) is 115 Å². The molecule has 0 aromatic rings. The van der Waals surface area contributed by atoms with Gasteiger partial charge in [-0.15, -0.1) is 0 Å². The summed E-state index contributed by atoms with van der Waals surface area (Å²) in [6.45, 7) is 7.38. The first kappa shape index (κ1) is 25.4. The second-order valence-electron chi connectivity index (χ2n) is 14.1. The van der Waals surface area contributed by atoms with Crippen LogP contribution in [0.3, 0.4) is 0 Å². The fourth-order valence-electron chi connectivity index (χ4n) is 10.1. The van der Waals surface area contributed by atoms with Crippen LogP contribution in [-0.4, -0.2) is 0 Å². The van der Waals surface area contributed by atoms with Crippen molar-refractivity contribution in [2.75, 3.05) is 0 Å². The predicted octanol–water partition coefficient (Wildman–Crippen LogP) is 10.8. The Morgan fingerprint density at radius 1 is 0.471 bits per heavy atom. The number of hydrogen-bond donors (Lipinski definition) is 0. The molecule has 5 rings (SSSR count). The monoisotopic (exact) mass is 466 g/mol. The van der Waals surface area contributed by atoms with Crippen LogP contribution >= 0.6 is 0 Å². The van der Waals surface area contributed by atoms with E-state index in [9.17, 15) is 0 Å². The molecule has 0 nitrogen and oxygen atoms in total. The van der Waals surface area contributed by atoms with Crippen LogP contribution in [0.5, 0.6) is 0 Å². The quantitative estimate of drug-likeness (QED) is 0.341. The van der Waals surface area contributed by atoms with E-state index in [2.05, 4.69) is 6.92 Å². The highest BCUT2D eigenvalue weighted by Crippen LogP contribution is 2.52. The maximum Gasteiger partial charge on any atom is -0.0198 e. The molecule has 5 saturated carbocycles. The van der Waals surface area contributed by atoms with Gasteiger partial charge < -0.3 is 0 Å². The van der Waals surface area contributed by atoms with E-state index in [0.29, 0.717) is 0 Å². The third-order valence-corrected chi connectivity index (χ3v) is 12.3. The summed E-state index contributed by atoms with van der Waals surface area (Å²) < 4.78 is 0. The van der Waals surface area contributed by atoms with Crippen LogP contribution in [0.15, 0.2) is 12.2 Å². The van der Waals surface area contributed by atoms with Crippen molar-refractivity contribution in [1.82, 2.24) is 0 Å². The molecule has 0 aliphatic heterocycles. The van der Waals surface area contributed by atoms with E-state index < -0.39 is 0 Å². The molecular weight excluding hydrogens is 408 g/mol. The van der Waals surface area contributed by atoms with Crippen molar-refractivity contribution in [3.05, 3.63) is 12.2 Å². The van der Waals surface area contributed by atoms with Crippen molar-refractivity contribution in [2.24, 2.45) is 53.3 Å². The van der Waals surface area contributed by atoms with Crippen LogP contribution in [0.1, 0.15) is 148 Å². The summed E-state index contributed by atoms with van der Waals surface area (Å²) in [6, 6.07) is 0. The first-order valence-corrected chi connectivity index (χ1v) is 16.4. The number of hydrogen-bond acceptors (Lipinski definition) is 0. The van der Waals surface area contributed by atoms with Gasteiger partial charge in [0.05, 0.1) is 0 Å². The zero-order valence-corrected chi connectivity index (χ0v) is 23.0. The zero-order chi connectivity index (χ0) is 23.3. The summed E-state index contributed by atoms with van der Waals surface area (Å²) in [5, 5.41) is 0. The minimum atomic E-state index is 0.866. The van der Waals surface area contributed by atoms with Crippen molar-refractivity contribution in [3.8, 4) is 0 Å². The maximum absolute atomic E-state index is 4.97. The van der Waals surface area contributed by atoms with Gasteiger partial charge in [0.1, 0.15) is 0 Å². The van der Waals surface area contributed by atoms with Crippen LogP contribution in [0, 0.1) is 53.3 Å². The van der Waals surface area contributed by atoms with E-state index >= 15 is 0 Å².